The fraction of sp³-hybridized carbons (Fsp3) is 0.500. The number of hydrogen-bond acceptors (Lipinski definition) is 2. The van der Waals surface area contributed by atoms with Crippen LogP contribution >= 0.6 is 0 Å². The molecule has 14 heavy (non-hydrogen) atoms. The number of piperazine rings is 1. The van der Waals surface area contributed by atoms with E-state index in [1.54, 1.807) is 0 Å². The zero-order valence-electron chi connectivity index (χ0n) is 8.90. The normalized spacial score (nSPS) is 29.0. The average Bonchev–Trinajstić information content (AvgIpc) is 2.23. The summed E-state index contributed by atoms with van der Waals surface area (Å²) in [7, 11) is 2.20. The lowest BCUT2D eigenvalue weighted by atomic mass is 10.0. The standard InChI is InChI=1S/C12H18N2/c1-10-8-13-12(9-14(10)2)11-6-4-3-5-7-11/h3-7,10,12-13H,8-9H2,1-2H3/t10-,12-/m0/s1. The quantitative estimate of drug-likeness (QED) is 0.724. The van der Waals surface area contributed by atoms with Crippen molar-refractivity contribution in [2.45, 2.75) is 19.0 Å². The summed E-state index contributed by atoms with van der Waals surface area (Å²) in [5.41, 5.74) is 1.39. The van der Waals surface area contributed by atoms with Crippen molar-refractivity contribution in [3.05, 3.63) is 35.9 Å². The second kappa shape index (κ2) is 4.11. The van der Waals surface area contributed by atoms with Crippen LogP contribution in [0.25, 0.3) is 0 Å². The van der Waals surface area contributed by atoms with Gasteiger partial charge in [0.1, 0.15) is 0 Å². The van der Waals surface area contributed by atoms with Crippen molar-refractivity contribution in [1.29, 1.82) is 0 Å². The molecule has 1 aliphatic heterocycles. The Kier molecular flexibility index (Phi) is 2.85. The third kappa shape index (κ3) is 1.97. The molecule has 0 radical (unpaired) electrons. The molecule has 1 fully saturated rings. The first-order chi connectivity index (χ1) is 6.77. The molecule has 2 rings (SSSR count). The molecule has 1 aliphatic rings. The summed E-state index contributed by atoms with van der Waals surface area (Å²) in [6.45, 7) is 4.44. The van der Waals surface area contributed by atoms with Gasteiger partial charge in [-0.2, -0.15) is 0 Å². The summed E-state index contributed by atoms with van der Waals surface area (Å²) in [6.07, 6.45) is 0. The van der Waals surface area contributed by atoms with Crippen LogP contribution in [0.4, 0.5) is 0 Å². The Hall–Kier alpha value is -0.860. The highest BCUT2D eigenvalue weighted by Crippen LogP contribution is 2.17. The molecule has 0 amide bonds. The molecule has 2 atom stereocenters. The minimum atomic E-state index is 0.498. The van der Waals surface area contributed by atoms with E-state index in [1.165, 1.54) is 5.56 Å². The molecule has 0 saturated carbocycles. The highest BCUT2D eigenvalue weighted by Gasteiger charge is 2.22. The van der Waals surface area contributed by atoms with Crippen LogP contribution < -0.4 is 5.32 Å². The molecule has 2 heteroatoms. The van der Waals surface area contributed by atoms with Crippen LogP contribution in [0.5, 0.6) is 0 Å². The highest BCUT2D eigenvalue weighted by atomic mass is 15.2. The van der Waals surface area contributed by atoms with Crippen LogP contribution in [0, 0.1) is 0 Å². The van der Waals surface area contributed by atoms with Crippen molar-refractivity contribution in [3.8, 4) is 0 Å². The number of rotatable bonds is 1. The Labute approximate surface area is 85.9 Å². The van der Waals surface area contributed by atoms with Gasteiger partial charge in [-0.15, -0.1) is 0 Å². The molecule has 0 unspecified atom stereocenters. The maximum absolute atomic E-state index is 3.57. The van der Waals surface area contributed by atoms with E-state index in [4.69, 9.17) is 0 Å². The van der Waals surface area contributed by atoms with Crippen molar-refractivity contribution in [1.82, 2.24) is 10.2 Å². The van der Waals surface area contributed by atoms with Crippen LogP contribution in [0.15, 0.2) is 30.3 Å². The topological polar surface area (TPSA) is 15.3 Å². The molecule has 76 valence electrons. The molecule has 1 saturated heterocycles. The highest BCUT2D eigenvalue weighted by molar-refractivity contribution is 5.19. The monoisotopic (exact) mass is 190 g/mol. The number of nitrogens with one attached hydrogen (secondary N) is 1. The molecular weight excluding hydrogens is 172 g/mol. The Morgan fingerprint density at radius 1 is 1.29 bits per heavy atom. The van der Waals surface area contributed by atoms with Crippen LogP contribution in [0.2, 0.25) is 0 Å². The van der Waals surface area contributed by atoms with Gasteiger partial charge in [0, 0.05) is 25.2 Å². The predicted molar refractivity (Wildman–Crippen MR) is 59.3 cm³/mol. The summed E-state index contributed by atoms with van der Waals surface area (Å²) in [4.78, 5) is 2.41. The lowest BCUT2D eigenvalue weighted by Gasteiger charge is -2.36. The van der Waals surface area contributed by atoms with E-state index >= 15 is 0 Å². The second-order valence-corrected chi connectivity index (χ2v) is 4.16. The molecule has 1 heterocycles. The van der Waals surface area contributed by atoms with E-state index in [1.807, 2.05) is 0 Å². The molecule has 1 N–H and O–H groups in total. The SMILES string of the molecule is C[C@H]1CN[C@H](c2ccccc2)CN1C. The van der Waals surface area contributed by atoms with E-state index in [9.17, 15) is 0 Å². The van der Waals surface area contributed by atoms with Gasteiger partial charge in [-0.1, -0.05) is 30.3 Å². The van der Waals surface area contributed by atoms with Gasteiger partial charge in [0.05, 0.1) is 0 Å². The maximum atomic E-state index is 3.57. The van der Waals surface area contributed by atoms with Gasteiger partial charge in [-0.05, 0) is 19.5 Å². The molecule has 1 aromatic carbocycles. The molecule has 0 bridgehead atoms. The predicted octanol–water partition coefficient (Wildman–Crippen LogP) is 1.65. The Bertz CT molecular complexity index is 284. The molecule has 1 aromatic rings. The summed E-state index contributed by atoms with van der Waals surface area (Å²) in [6, 6.07) is 11.8. The van der Waals surface area contributed by atoms with Gasteiger partial charge in [0.15, 0.2) is 0 Å². The first-order valence-electron chi connectivity index (χ1n) is 5.26. The molecule has 2 nitrogen and oxygen atoms in total. The summed E-state index contributed by atoms with van der Waals surface area (Å²) >= 11 is 0. The van der Waals surface area contributed by atoms with Crippen LogP contribution in [0.1, 0.15) is 18.5 Å². The molecule has 0 spiro atoms. The van der Waals surface area contributed by atoms with Gasteiger partial charge in [0.25, 0.3) is 0 Å². The summed E-state index contributed by atoms with van der Waals surface area (Å²) < 4.78 is 0. The third-order valence-electron chi connectivity index (χ3n) is 3.08. The smallest absolute Gasteiger partial charge is 0.0449 e. The fourth-order valence-electron chi connectivity index (χ4n) is 1.91. The van der Waals surface area contributed by atoms with Gasteiger partial charge in [0.2, 0.25) is 0 Å². The summed E-state index contributed by atoms with van der Waals surface area (Å²) in [5, 5.41) is 3.57. The molecular formula is C12H18N2. The third-order valence-corrected chi connectivity index (χ3v) is 3.08. The fourth-order valence-corrected chi connectivity index (χ4v) is 1.91. The lowest BCUT2D eigenvalue weighted by Crippen LogP contribution is -2.49. The average molecular weight is 190 g/mol. The molecule has 0 aliphatic carbocycles. The minimum absolute atomic E-state index is 0.498. The van der Waals surface area contributed by atoms with Crippen molar-refractivity contribution < 1.29 is 0 Å². The zero-order chi connectivity index (χ0) is 9.97. The Morgan fingerprint density at radius 3 is 2.64 bits per heavy atom. The van der Waals surface area contributed by atoms with Gasteiger partial charge in [-0.25, -0.2) is 0 Å². The number of likely N-dealkylation sites (N-methyl/N-ethyl adjacent to an activating group) is 1. The largest absolute Gasteiger partial charge is 0.307 e. The van der Waals surface area contributed by atoms with Gasteiger partial charge in [-0.3, -0.25) is 0 Å². The Balaban J connectivity index is 2.07. The first-order valence-corrected chi connectivity index (χ1v) is 5.26. The molecule has 0 aromatic heterocycles. The summed E-state index contributed by atoms with van der Waals surface area (Å²) in [5.74, 6) is 0. The van der Waals surface area contributed by atoms with E-state index < -0.39 is 0 Å². The number of nitrogens with zero attached hydrogens (tertiary/aromatic N) is 1. The van der Waals surface area contributed by atoms with Gasteiger partial charge >= 0.3 is 0 Å². The van der Waals surface area contributed by atoms with E-state index in [0.29, 0.717) is 12.1 Å². The van der Waals surface area contributed by atoms with Crippen molar-refractivity contribution in [2.24, 2.45) is 0 Å². The van der Waals surface area contributed by atoms with Crippen molar-refractivity contribution in [2.75, 3.05) is 20.1 Å². The number of benzene rings is 1. The number of hydrogen-bond donors (Lipinski definition) is 1. The Morgan fingerprint density at radius 2 is 2.00 bits per heavy atom. The van der Waals surface area contributed by atoms with Crippen LogP contribution in [-0.2, 0) is 0 Å². The van der Waals surface area contributed by atoms with E-state index in [-0.39, 0.29) is 0 Å². The van der Waals surface area contributed by atoms with E-state index in [0.717, 1.165) is 13.1 Å². The van der Waals surface area contributed by atoms with Gasteiger partial charge < -0.3 is 10.2 Å². The zero-order valence-corrected chi connectivity index (χ0v) is 8.90. The van der Waals surface area contributed by atoms with E-state index in [2.05, 4.69) is 54.5 Å². The second-order valence-electron chi connectivity index (χ2n) is 4.16. The van der Waals surface area contributed by atoms with Crippen molar-refractivity contribution in [3.63, 3.8) is 0 Å². The van der Waals surface area contributed by atoms with Crippen LogP contribution in [0.3, 0.4) is 0 Å². The van der Waals surface area contributed by atoms with Crippen molar-refractivity contribution >= 4 is 0 Å². The first kappa shape index (κ1) is 9.69. The minimum Gasteiger partial charge on any atom is -0.307 e. The lowest BCUT2D eigenvalue weighted by molar-refractivity contribution is 0.176. The maximum Gasteiger partial charge on any atom is 0.0449 e. The van der Waals surface area contributed by atoms with Crippen LogP contribution in [-0.4, -0.2) is 31.1 Å².